The van der Waals surface area contributed by atoms with Gasteiger partial charge in [0.05, 0.1) is 32.1 Å². The first-order valence-electron chi connectivity index (χ1n) is 10.1. The first-order chi connectivity index (χ1) is 14.5. The molecule has 1 aromatic heterocycles. The molecule has 2 fully saturated rings. The van der Waals surface area contributed by atoms with Crippen molar-refractivity contribution in [2.24, 2.45) is 0 Å². The van der Waals surface area contributed by atoms with Crippen molar-refractivity contribution < 1.29 is 14.3 Å². The Labute approximate surface area is 180 Å². The second-order valence-corrected chi connectivity index (χ2v) is 8.38. The molecule has 1 unspecified atom stereocenters. The van der Waals surface area contributed by atoms with Crippen molar-refractivity contribution in [2.75, 3.05) is 37.4 Å². The number of anilines is 3. The number of amides is 1. The molecule has 9 heteroatoms. The van der Waals surface area contributed by atoms with E-state index in [2.05, 4.69) is 27.5 Å². The van der Waals surface area contributed by atoms with E-state index in [9.17, 15) is 4.79 Å². The van der Waals surface area contributed by atoms with Crippen LogP contribution in [0.1, 0.15) is 37.9 Å². The number of hydrogen-bond acceptors (Lipinski definition) is 7. The third kappa shape index (κ3) is 4.44. The van der Waals surface area contributed by atoms with Gasteiger partial charge in [-0.25, -0.2) is 4.98 Å². The number of ether oxygens (including phenoxy) is 2. The number of carbonyl (C=O) groups is 1. The van der Waals surface area contributed by atoms with Gasteiger partial charge in [-0.2, -0.15) is 4.98 Å². The summed E-state index contributed by atoms with van der Waals surface area (Å²) in [7, 11) is 1.61. The number of nitrogens with zero attached hydrogens (tertiary/aromatic N) is 3. The molecular weight excluding hydrogens is 406 g/mol. The minimum Gasteiger partial charge on any atom is -0.495 e. The van der Waals surface area contributed by atoms with Gasteiger partial charge in [0.1, 0.15) is 16.9 Å². The first-order valence-corrected chi connectivity index (χ1v) is 10.4. The van der Waals surface area contributed by atoms with Crippen LogP contribution in [0.15, 0.2) is 24.4 Å². The topological polar surface area (TPSA) is 88.6 Å². The van der Waals surface area contributed by atoms with Crippen LogP contribution in [0.25, 0.3) is 0 Å². The van der Waals surface area contributed by atoms with Crippen LogP contribution in [0, 0.1) is 0 Å². The maximum absolute atomic E-state index is 11.1. The number of methoxy groups -OCH3 is 1. The van der Waals surface area contributed by atoms with Crippen LogP contribution in [0.3, 0.4) is 0 Å². The molecule has 4 rings (SSSR count). The van der Waals surface area contributed by atoms with Crippen LogP contribution in [0.4, 0.5) is 17.5 Å². The maximum Gasteiger partial charge on any atom is 0.229 e. The highest BCUT2D eigenvalue weighted by atomic mass is 35.5. The average molecular weight is 432 g/mol. The molecule has 0 radical (unpaired) electrons. The molecule has 30 heavy (non-hydrogen) atoms. The van der Waals surface area contributed by atoms with Gasteiger partial charge in [-0.15, -0.1) is 0 Å². The number of nitrogens with one attached hydrogen (secondary N) is 2. The fourth-order valence-corrected chi connectivity index (χ4v) is 3.87. The molecule has 2 heterocycles. The van der Waals surface area contributed by atoms with Crippen LogP contribution in [0.5, 0.6) is 5.75 Å². The number of rotatable bonds is 7. The monoisotopic (exact) mass is 431 g/mol. The second-order valence-electron chi connectivity index (χ2n) is 7.97. The molecule has 1 aromatic carbocycles. The van der Waals surface area contributed by atoms with Gasteiger partial charge in [0.15, 0.2) is 5.82 Å². The summed E-state index contributed by atoms with van der Waals surface area (Å²) in [4.78, 5) is 21.6. The number of benzene rings is 1. The van der Waals surface area contributed by atoms with Crippen LogP contribution in [-0.2, 0) is 9.53 Å². The zero-order chi connectivity index (χ0) is 21.1. The minimum absolute atomic E-state index is 0.0317. The second kappa shape index (κ2) is 8.65. The molecule has 2 N–H and O–H groups in total. The van der Waals surface area contributed by atoms with Gasteiger partial charge < -0.3 is 25.0 Å². The van der Waals surface area contributed by atoms with Crippen LogP contribution in [0.2, 0.25) is 5.02 Å². The lowest BCUT2D eigenvalue weighted by atomic mass is 9.78. The quantitative estimate of drug-likeness (QED) is 0.645. The Morgan fingerprint density at radius 1 is 1.40 bits per heavy atom. The summed E-state index contributed by atoms with van der Waals surface area (Å²) in [6, 6.07) is 5.76. The third-order valence-electron chi connectivity index (χ3n) is 5.71. The van der Waals surface area contributed by atoms with Gasteiger partial charge in [-0.3, -0.25) is 4.79 Å². The van der Waals surface area contributed by atoms with Crippen molar-refractivity contribution in [3.8, 4) is 5.75 Å². The molecule has 0 spiro atoms. The summed E-state index contributed by atoms with van der Waals surface area (Å²) in [6.07, 6.45) is 5.66. The number of hydrogen-bond donors (Lipinski definition) is 2. The summed E-state index contributed by atoms with van der Waals surface area (Å²) < 4.78 is 11.4. The van der Waals surface area contributed by atoms with Crippen LogP contribution >= 0.6 is 11.6 Å². The molecule has 0 bridgehead atoms. The van der Waals surface area contributed by atoms with E-state index in [0.29, 0.717) is 42.2 Å². The maximum atomic E-state index is 11.1. The Hall–Kier alpha value is -2.58. The van der Waals surface area contributed by atoms with E-state index < -0.39 is 0 Å². The molecule has 160 valence electrons. The average Bonchev–Trinajstić information content (AvgIpc) is 2.75. The molecule has 8 nitrogen and oxygen atoms in total. The minimum atomic E-state index is -0.183. The number of halogens is 1. The van der Waals surface area contributed by atoms with E-state index in [0.717, 1.165) is 30.5 Å². The molecule has 1 aliphatic carbocycles. The Balaban J connectivity index is 1.52. The van der Waals surface area contributed by atoms with Gasteiger partial charge in [0, 0.05) is 12.1 Å². The van der Waals surface area contributed by atoms with E-state index in [1.54, 1.807) is 18.2 Å². The van der Waals surface area contributed by atoms with Gasteiger partial charge in [-0.1, -0.05) is 17.7 Å². The van der Waals surface area contributed by atoms with E-state index >= 15 is 0 Å². The van der Waals surface area contributed by atoms with Crippen molar-refractivity contribution in [3.05, 3.63) is 35.0 Å². The Kier molecular flexibility index (Phi) is 5.97. The highest BCUT2D eigenvalue weighted by Crippen LogP contribution is 2.37. The lowest BCUT2D eigenvalue weighted by Gasteiger charge is -2.39. The lowest BCUT2D eigenvalue weighted by molar-refractivity contribution is -0.125. The van der Waals surface area contributed by atoms with Crippen molar-refractivity contribution in [1.82, 2.24) is 14.9 Å². The summed E-state index contributed by atoms with van der Waals surface area (Å²) in [6.45, 7) is 3.81. The molecule has 1 amide bonds. The predicted molar refractivity (Wildman–Crippen MR) is 116 cm³/mol. The van der Waals surface area contributed by atoms with E-state index in [1.807, 2.05) is 18.2 Å². The molecule has 1 atom stereocenters. The Morgan fingerprint density at radius 2 is 2.23 bits per heavy atom. The Bertz CT molecular complexity index is 922. The van der Waals surface area contributed by atoms with Crippen molar-refractivity contribution in [1.29, 1.82) is 0 Å². The van der Waals surface area contributed by atoms with Crippen LogP contribution in [-0.4, -0.2) is 53.6 Å². The van der Waals surface area contributed by atoms with Gasteiger partial charge in [-0.05, 0) is 43.9 Å². The summed E-state index contributed by atoms with van der Waals surface area (Å²) in [5.74, 6) is 1.69. The third-order valence-corrected chi connectivity index (χ3v) is 5.99. The molecular formula is C21H26ClN5O3. The van der Waals surface area contributed by atoms with Crippen molar-refractivity contribution in [3.63, 3.8) is 0 Å². The number of aromatic nitrogens is 2. The van der Waals surface area contributed by atoms with Crippen molar-refractivity contribution >= 4 is 35.5 Å². The van der Waals surface area contributed by atoms with Crippen molar-refractivity contribution in [2.45, 2.75) is 37.8 Å². The summed E-state index contributed by atoms with van der Waals surface area (Å²) in [5, 5.41) is 7.14. The summed E-state index contributed by atoms with van der Waals surface area (Å²) in [5.41, 5.74) is 1.71. The SMILES string of the molecule is COc1cc(C2CN(C=O)CCO2)ccc1Nc1ncc(Cl)c(NC2(C)CCC2)n1. The fourth-order valence-electron chi connectivity index (χ4n) is 3.73. The normalized spacial score (nSPS) is 20.2. The van der Waals surface area contributed by atoms with Gasteiger partial charge >= 0.3 is 0 Å². The lowest BCUT2D eigenvalue weighted by Crippen LogP contribution is -2.42. The van der Waals surface area contributed by atoms with Crippen LogP contribution < -0.4 is 15.4 Å². The van der Waals surface area contributed by atoms with E-state index in [-0.39, 0.29) is 11.6 Å². The largest absolute Gasteiger partial charge is 0.495 e. The molecule has 1 aliphatic heterocycles. The van der Waals surface area contributed by atoms with E-state index in [1.165, 1.54) is 6.42 Å². The zero-order valence-electron chi connectivity index (χ0n) is 17.2. The fraction of sp³-hybridized carbons (Fsp3) is 0.476. The number of morpholine rings is 1. The summed E-state index contributed by atoms with van der Waals surface area (Å²) >= 11 is 6.29. The smallest absolute Gasteiger partial charge is 0.229 e. The predicted octanol–water partition coefficient (Wildman–Crippen LogP) is 3.77. The highest BCUT2D eigenvalue weighted by Gasteiger charge is 2.32. The van der Waals surface area contributed by atoms with Gasteiger partial charge in [0.25, 0.3) is 0 Å². The van der Waals surface area contributed by atoms with E-state index in [4.69, 9.17) is 21.1 Å². The standard InChI is InChI=1S/C21H26ClN5O3/c1-21(6-3-7-21)26-19-15(22)11-23-20(25-19)24-16-5-4-14(10-17(16)29-2)18-12-27(13-28)8-9-30-18/h4-5,10-11,13,18H,3,6-9,12H2,1-2H3,(H2,23,24,25,26). The zero-order valence-corrected chi connectivity index (χ0v) is 17.9. The Morgan fingerprint density at radius 3 is 2.93 bits per heavy atom. The molecule has 1 saturated carbocycles. The highest BCUT2D eigenvalue weighted by molar-refractivity contribution is 6.32. The van der Waals surface area contributed by atoms with Gasteiger partial charge in [0.2, 0.25) is 12.4 Å². The number of carbonyl (C=O) groups excluding carboxylic acids is 1. The molecule has 2 aliphatic rings. The molecule has 2 aromatic rings. The first kappa shape index (κ1) is 20.7. The molecule has 1 saturated heterocycles.